The maximum absolute atomic E-state index is 12.9. The second kappa shape index (κ2) is 9.46. The Hall–Kier alpha value is -3.01. The smallest absolute Gasteiger partial charge is 0.420 e. The van der Waals surface area contributed by atoms with Crippen molar-refractivity contribution in [1.82, 2.24) is 35.0 Å². The number of benzene rings is 1. The lowest BCUT2D eigenvalue weighted by atomic mass is 10.0. The van der Waals surface area contributed by atoms with Crippen molar-refractivity contribution >= 4 is 75.6 Å². The van der Waals surface area contributed by atoms with Crippen LogP contribution in [0.4, 0.5) is 0 Å². The van der Waals surface area contributed by atoms with E-state index in [1.54, 1.807) is 7.05 Å². The SMILES string of the molecule is Cn1nnnc1SCC1=C(C(=O)O)N2C(=O)C(NC(=O)Cn3c(=O)oc4cc(Cl)c(Cl)cc43)[C@H]2SC1. The molecule has 3 aromatic rings. The van der Waals surface area contributed by atoms with Gasteiger partial charge in [0.15, 0.2) is 5.58 Å². The number of rotatable bonds is 7. The first-order chi connectivity index (χ1) is 17.2. The molecule has 0 saturated carbocycles. The van der Waals surface area contributed by atoms with Gasteiger partial charge >= 0.3 is 11.7 Å². The number of amides is 2. The van der Waals surface area contributed by atoms with Crippen molar-refractivity contribution in [3.8, 4) is 0 Å². The maximum atomic E-state index is 12.9. The van der Waals surface area contributed by atoms with Crippen LogP contribution in [0.15, 0.2) is 37.8 Å². The average Bonchev–Trinajstić information content (AvgIpc) is 3.37. The lowest BCUT2D eigenvalue weighted by Gasteiger charge is -2.49. The topological polar surface area (TPSA) is 165 Å². The summed E-state index contributed by atoms with van der Waals surface area (Å²) in [7, 11) is 1.66. The summed E-state index contributed by atoms with van der Waals surface area (Å²) in [5, 5.41) is 23.8. The molecule has 2 N–H and O–H groups in total. The van der Waals surface area contributed by atoms with Crippen LogP contribution in [-0.2, 0) is 28.0 Å². The van der Waals surface area contributed by atoms with Crippen molar-refractivity contribution in [2.24, 2.45) is 7.05 Å². The molecule has 17 heteroatoms. The molecule has 1 aromatic carbocycles. The van der Waals surface area contributed by atoms with Crippen LogP contribution in [-0.4, -0.2) is 75.5 Å². The molecule has 5 rings (SSSR count). The van der Waals surface area contributed by atoms with E-state index in [0.717, 1.165) is 4.57 Å². The fraction of sp³-hybridized carbons (Fsp3) is 0.316. The summed E-state index contributed by atoms with van der Waals surface area (Å²) in [5.41, 5.74) is 0.867. The lowest BCUT2D eigenvalue weighted by molar-refractivity contribution is -0.150. The Morgan fingerprint density at radius 1 is 1.31 bits per heavy atom. The molecule has 36 heavy (non-hydrogen) atoms. The molecule has 0 bridgehead atoms. The maximum Gasteiger partial charge on any atom is 0.420 e. The number of aryl methyl sites for hydroxylation is 1. The number of aromatic nitrogens is 5. The van der Waals surface area contributed by atoms with Crippen LogP contribution >= 0.6 is 46.7 Å². The van der Waals surface area contributed by atoms with Crippen LogP contribution < -0.4 is 11.1 Å². The Morgan fingerprint density at radius 3 is 2.75 bits per heavy atom. The zero-order chi connectivity index (χ0) is 25.7. The van der Waals surface area contributed by atoms with E-state index in [-0.39, 0.29) is 32.6 Å². The number of halogens is 2. The van der Waals surface area contributed by atoms with E-state index in [2.05, 4.69) is 20.8 Å². The molecule has 2 amide bonds. The fourth-order valence-corrected chi connectivity index (χ4v) is 6.51. The Balaban J connectivity index is 1.30. The number of thioether (sulfide) groups is 2. The summed E-state index contributed by atoms with van der Waals surface area (Å²) < 4.78 is 7.65. The van der Waals surface area contributed by atoms with Crippen molar-refractivity contribution in [3.63, 3.8) is 0 Å². The second-order valence-electron chi connectivity index (χ2n) is 7.77. The monoisotopic (exact) mass is 571 g/mol. The number of hydrogen-bond donors (Lipinski definition) is 2. The van der Waals surface area contributed by atoms with E-state index in [4.69, 9.17) is 27.6 Å². The molecular formula is C19H15Cl2N7O6S2. The van der Waals surface area contributed by atoms with E-state index in [0.29, 0.717) is 16.5 Å². The standard InChI is InChI=1S/C19H15Cl2N7O6S2/c1-26-18(23-24-25-26)36-6-7-5-35-16-13(15(30)28(16)14(7)17(31)32)22-12(29)4-27-10-2-8(20)9(21)3-11(10)34-19(27)33/h2-3,13,16H,4-6H2,1H3,(H,22,29)(H,31,32)/t13?,16-/m1/s1. The van der Waals surface area contributed by atoms with E-state index in [1.165, 1.54) is 45.2 Å². The van der Waals surface area contributed by atoms with Crippen LogP contribution in [0.2, 0.25) is 10.0 Å². The predicted molar refractivity (Wildman–Crippen MR) is 130 cm³/mol. The quantitative estimate of drug-likeness (QED) is 0.306. The largest absolute Gasteiger partial charge is 0.477 e. The van der Waals surface area contributed by atoms with Crippen molar-refractivity contribution < 1.29 is 23.9 Å². The number of carbonyl (C=O) groups is 3. The molecule has 13 nitrogen and oxygen atoms in total. The average molecular weight is 572 g/mol. The number of oxazole rings is 1. The fourth-order valence-electron chi connectivity index (χ4n) is 3.86. The molecule has 4 heterocycles. The number of fused-ring (bicyclic) bond motifs is 2. The van der Waals surface area contributed by atoms with Gasteiger partial charge in [0, 0.05) is 24.6 Å². The van der Waals surface area contributed by atoms with E-state index >= 15 is 0 Å². The number of nitrogens with zero attached hydrogens (tertiary/aromatic N) is 6. The van der Waals surface area contributed by atoms with E-state index in [1.807, 2.05) is 0 Å². The Bertz CT molecular complexity index is 1520. The minimum atomic E-state index is -1.24. The van der Waals surface area contributed by atoms with Gasteiger partial charge in [0.25, 0.3) is 5.91 Å². The van der Waals surface area contributed by atoms with Crippen molar-refractivity contribution in [2.75, 3.05) is 11.5 Å². The normalized spacial score (nSPS) is 19.4. The number of tetrazole rings is 1. The molecule has 0 aliphatic carbocycles. The number of carboxylic acid groups (broad SMARTS) is 1. The van der Waals surface area contributed by atoms with Crippen LogP contribution in [0, 0.1) is 0 Å². The number of aliphatic carboxylic acids is 1. The zero-order valence-corrected chi connectivity index (χ0v) is 21.3. The molecule has 2 aromatic heterocycles. The highest BCUT2D eigenvalue weighted by Crippen LogP contribution is 2.41. The second-order valence-corrected chi connectivity index (χ2v) is 10.6. The number of hydrogen-bond acceptors (Lipinski definition) is 10. The molecule has 1 saturated heterocycles. The summed E-state index contributed by atoms with van der Waals surface area (Å²) in [6, 6.07) is 1.84. The van der Waals surface area contributed by atoms with Gasteiger partial charge in [0.1, 0.15) is 23.7 Å². The molecule has 2 atom stereocenters. The van der Waals surface area contributed by atoms with Crippen LogP contribution in [0.5, 0.6) is 0 Å². The molecule has 1 fully saturated rings. The minimum Gasteiger partial charge on any atom is -0.477 e. The van der Waals surface area contributed by atoms with Gasteiger partial charge < -0.3 is 14.8 Å². The summed E-state index contributed by atoms with van der Waals surface area (Å²) in [6.07, 6.45) is 0. The Kier molecular flexibility index (Phi) is 6.48. The summed E-state index contributed by atoms with van der Waals surface area (Å²) >= 11 is 14.6. The van der Waals surface area contributed by atoms with Gasteiger partial charge in [-0.3, -0.25) is 19.1 Å². The van der Waals surface area contributed by atoms with Gasteiger partial charge in [-0.2, -0.15) is 0 Å². The first-order valence-electron chi connectivity index (χ1n) is 10.2. The van der Waals surface area contributed by atoms with Crippen molar-refractivity contribution in [1.29, 1.82) is 0 Å². The third-order valence-corrected chi connectivity index (χ3v) is 8.69. The van der Waals surface area contributed by atoms with Gasteiger partial charge in [-0.25, -0.2) is 14.3 Å². The molecule has 2 aliphatic rings. The van der Waals surface area contributed by atoms with E-state index < -0.39 is 41.5 Å². The number of β-lactam (4-membered cyclic amide) rings is 1. The first-order valence-corrected chi connectivity index (χ1v) is 13.0. The molecule has 0 spiro atoms. The first kappa shape index (κ1) is 24.7. The summed E-state index contributed by atoms with van der Waals surface area (Å²) in [6.45, 7) is -0.430. The predicted octanol–water partition coefficient (Wildman–Crippen LogP) is 0.956. The Labute approximate surface area is 219 Å². The molecule has 188 valence electrons. The zero-order valence-electron chi connectivity index (χ0n) is 18.2. The molecular weight excluding hydrogens is 557 g/mol. The van der Waals surface area contributed by atoms with Gasteiger partial charge in [0.05, 0.1) is 15.6 Å². The van der Waals surface area contributed by atoms with E-state index in [9.17, 15) is 24.3 Å². The highest BCUT2D eigenvalue weighted by Gasteiger charge is 2.54. The molecule has 2 aliphatic heterocycles. The number of nitrogens with one attached hydrogen (secondary N) is 1. The highest BCUT2D eigenvalue weighted by atomic mass is 35.5. The van der Waals surface area contributed by atoms with Crippen molar-refractivity contribution in [3.05, 3.63) is 44.0 Å². The van der Waals surface area contributed by atoms with Crippen LogP contribution in [0.3, 0.4) is 0 Å². The third kappa shape index (κ3) is 4.25. The number of carbonyl (C=O) groups excluding carboxylic acids is 2. The third-order valence-electron chi connectivity index (χ3n) is 5.54. The van der Waals surface area contributed by atoms with Gasteiger partial charge in [0.2, 0.25) is 11.1 Å². The van der Waals surface area contributed by atoms with Gasteiger partial charge in [-0.15, -0.1) is 16.9 Å². The highest BCUT2D eigenvalue weighted by molar-refractivity contribution is 8.01. The van der Waals surface area contributed by atoms with Crippen molar-refractivity contribution in [2.45, 2.75) is 23.1 Å². The Morgan fingerprint density at radius 2 is 2.06 bits per heavy atom. The lowest BCUT2D eigenvalue weighted by Crippen LogP contribution is -2.70. The summed E-state index contributed by atoms with van der Waals surface area (Å²) in [5.74, 6) is -2.59. The van der Waals surface area contributed by atoms with Gasteiger partial charge in [-0.05, 0) is 22.1 Å². The molecule has 1 unspecified atom stereocenters. The minimum absolute atomic E-state index is 0.111. The van der Waals surface area contributed by atoms with Crippen LogP contribution in [0.25, 0.3) is 11.1 Å². The van der Waals surface area contributed by atoms with Crippen LogP contribution in [0.1, 0.15) is 0 Å². The molecule has 0 radical (unpaired) electrons. The number of carboxylic acids is 1. The van der Waals surface area contributed by atoms with Gasteiger partial charge in [-0.1, -0.05) is 35.0 Å². The summed E-state index contributed by atoms with van der Waals surface area (Å²) in [4.78, 5) is 51.0.